The first kappa shape index (κ1) is 13.1. The molecule has 0 spiro atoms. The third-order valence-corrected chi connectivity index (χ3v) is 3.09. The Hall–Kier alpha value is -1.39. The van der Waals surface area contributed by atoms with E-state index in [0.717, 1.165) is 24.4 Å². The molecule has 4 nitrogen and oxygen atoms in total. The molecule has 0 bridgehead atoms. The van der Waals surface area contributed by atoms with E-state index in [9.17, 15) is 0 Å². The molecule has 2 aromatic heterocycles. The van der Waals surface area contributed by atoms with E-state index in [4.69, 9.17) is 0 Å². The van der Waals surface area contributed by atoms with Crippen LogP contribution in [0.4, 0.5) is 0 Å². The van der Waals surface area contributed by atoms with E-state index in [-0.39, 0.29) is 0 Å². The van der Waals surface area contributed by atoms with Crippen LogP contribution in [-0.4, -0.2) is 41.0 Å². The fourth-order valence-corrected chi connectivity index (χ4v) is 2.26. The van der Waals surface area contributed by atoms with Gasteiger partial charge in [-0.3, -0.25) is 0 Å². The number of likely N-dealkylation sites (N-methyl/N-ethyl adjacent to an activating group) is 1. The van der Waals surface area contributed by atoms with Crippen molar-refractivity contribution in [3.8, 4) is 0 Å². The van der Waals surface area contributed by atoms with Gasteiger partial charge in [0.05, 0.1) is 11.4 Å². The van der Waals surface area contributed by atoms with Gasteiger partial charge >= 0.3 is 0 Å². The zero-order chi connectivity index (χ0) is 13.1. The molecule has 0 amide bonds. The second-order valence-corrected chi connectivity index (χ2v) is 5.12. The summed E-state index contributed by atoms with van der Waals surface area (Å²) < 4.78 is 2.16. The van der Waals surface area contributed by atoms with Gasteiger partial charge in [-0.15, -0.1) is 0 Å². The highest BCUT2D eigenvalue weighted by Crippen LogP contribution is 2.11. The number of pyridine rings is 1. The molecule has 0 aliphatic carbocycles. The van der Waals surface area contributed by atoms with Crippen LogP contribution in [0.5, 0.6) is 0 Å². The quantitative estimate of drug-likeness (QED) is 0.871. The second-order valence-electron chi connectivity index (χ2n) is 5.12. The lowest BCUT2D eigenvalue weighted by atomic mass is 10.3. The average Bonchev–Trinajstić information content (AvgIpc) is 2.61. The van der Waals surface area contributed by atoms with Gasteiger partial charge in [0.1, 0.15) is 5.65 Å². The molecule has 2 rings (SSSR count). The number of hydrogen-bond donors (Lipinski definition) is 1. The van der Waals surface area contributed by atoms with Crippen LogP contribution in [0.15, 0.2) is 24.4 Å². The number of rotatable bonds is 5. The van der Waals surface area contributed by atoms with Crippen molar-refractivity contribution in [1.29, 1.82) is 0 Å². The topological polar surface area (TPSA) is 32.6 Å². The molecule has 0 radical (unpaired) electrons. The summed E-state index contributed by atoms with van der Waals surface area (Å²) in [7, 11) is 4.19. The molecule has 98 valence electrons. The van der Waals surface area contributed by atoms with Crippen molar-refractivity contribution in [1.82, 2.24) is 19.6 Å². The van der Waals surface area contributed by atoms with E-state index in [1.54, 1.807) is 0 Å². The van der Waals surface area contributed by atoms with Crippen LogP contribution in [0.1, 0.15) is 18.3 Å². The highest BCUT2D eigenvalue weighted by Gasteiger charge is 2.09. The lowest BCUT2D eigenvalue weighted by molar-refractivity contribution is 0.348. The number of aryl methyl sites for hydroxylation is 1. The van der Waals surface area contributed by atoms with Crippen molar-refractivity contribution in [3.05, 3.63) is 35.8 Å². The Morgan fingerprint density at radius 3 is 2.89 bits per heavy atom. The third kappa shape index (κ3) is 2.89. The van der Waals surface area contributed by atoms with Crippen LogP contribution >= 0.6 is 0 Å². The summed E-state index contributed by atoms with van der Waals surface area (Å²) in [6.07, 6.45) is 2.07. The summed E-state index contributed by atoms with van der Waals surface area (Å²) in [5.74, 6) is 0. The zero-order valence-corrected chi connectivity index (χ0v) is 11.6. The largest absolute Gasteiger partial charge is 0.308 e. The molecule has 1 atom stereocenters. The predicted octanol–water partition coefficient (Wildman–Crippen LogP) is 1.68. The van der Waals surface area contributed by atoms with Gasteiger partial charge in [0.2, 0.25) is 0 Å². The van der Waals surface area contributed by atoms with Gasteiger partial charge in [-0.05, 0) is 40.1 Å². The summed E-state index contributed by atoms with van der Waals surface area (Å²) in [6, 6.07) is 6.57. The SMILES string of the molecule is Cc1nc2ccccn2c1CNC(C)CN(C)C. The summed E-state index contributed by atoms with van der Waals surface area (Å²) >= 11 is 0. The van der Waals surface area contributed by atoms with Gasteiger partial charge in [-0.1, -0.05) is 6.07 Å². The lowest BCUT2D eigenvalue weighted by Crippen LogP contribution is -2.35. The van der Waals surface area contributed by atoms with Crippen molar-refractivity contribution in [2.24, 2.45) is 0 Å². The molecule has 1 N–H and O–H groups in total. The number of nitrogens with zero attached hydrogens (tertiary/aromatic N) is 3. The van der Waals surface area contributed by atoms with E-state index in [2.05, 4.69) is 53.7 Å². The Labute approximate surface area is 109 Å². The molecule has 0 aliphatic rings. The molecule has 1 unspecified atom stereocenters. The minimum absolute atomic E-state index is 0.466. The molecule has 0 saturated heterocycles. The summed E-state index contributed by atoms with van der Waals surface area (Å²) in [5, 5.41) is 3.55. The predicted molar refractivity (Wildman–Crippen MR) is 74.8 cm³/mol. The smallest absolute Gasteiger partial charge is 0.137 e. The van der Waals surface area contributed by atoms with Crippen molar-refractivity contribution >= 4 is 5.65 Å². The van der Waals surface area contributed by atoms with Crippen molar-refractivity contribution in [2.45, 2.75) is 26.4 Å². The monoisotopic (exact) mass is 246 g/mol. The van der Waals surface area contributed by atoms with Crippen LogP contribution in [0, 0.1) is 6.92 Å². The van der Waals surface area contributed by atoms with Crippen molar-refractivity contribution < 1.29 is 0 Å². The first-order valence-corrected chi connectivity index (χ1v) is 6.38. The number of fused-ring (bicyclic) bond motifs is 1. The number of aromatic nitrogens is 2. The van der Waals surface area contributed by atoms with Gasteiger partial charge in [0.15, 0.2) is 0 Å². The standard InChI is InChI=1S/C14H22N4/c1-11(10-17(3)4)15-9-13-12(2)16-14-7-5-6-8-18(13)14/h5-8,11,15H,9-10H2,1-4H3. The molecular weight excluding hydrogens is 224 g/mol. The second kappa shape index (κ2) is 5.50. The van der Waals surface area contributed by atoms with E-state index in [0.29, 0.717) is 6.04 Å². The van der Waals surface area contributed by atoms with Gasteiger partial charge in [-0.2, -0.15) is 0 Å². The maximum atomic E-state index is 4.56. The van der Waals surface area contributed by atoms with Gasteiger partial charge < -0.3 is 14.6 Å². The third-order valence-electron chi connectivity index (χ3n) is 3.09. The Balaban J connectivity index is 2.09. The van der Waals surface area contributed by atoms with E-state index < -0.39 is 0 Å². The highest BCUT2D eigenvalue weighted by molar-refractivity contribution is 5.42. The molecule has 2 aromatic rings. The zero-order valence-electron chi connectivity index (χ0n) is 11.6. The minimum Gasteiger partial charge on any atom is -0.308 e. The molecule has 0 aliphatic heterocycles. The molecule has 0 fully saturated rings. The van der Waals surface area contributed by atoms with E-state index >= 15 is 0 Å². The highest BCUT2D eigenvalue weighted by atomic mass is 15.1. The van der Waals surface area contributed by atoms with Crippen LogP contribution < -0.4 is 5.32 Å². The normalized spacial score (nSPS) is 13.4. The molecular formula is C14H22N4. The Morgan fingerprint density at radius 1 is 1.39 bits per heavy atom. The average molecular weight is 246 g/mol. The molecule has 2 heterocycles. The molecule has 0 saturated carbocycles. The molecule has 0 aromatic carbocycles. The minimum atomic E-state index is 0.466. The first-order chi connectivity index (χ1) is 8.58. The van der Waals surface area contributed by atoms with Crippen molar-refractivity contribution in [3.63, 3.8) is 0 Å². The number of imidazole rings is 1. The van der Waals surface area contributed by atoms with Gasteiger partial charge in [-0.25, -0.2) is 4.98 Å². The maximum Gasteiger partial charge on any atom is 0.137 e. The van der Waals surface area contributed by atoms with E-state index in [1.165, 1.54) is 5.69 Å². The van der Waals surface area contributed by atoms with Crippen LogP contribution in [0.3, 0.4) is 0 Å². The number of nitrogens with one attached hydrogen (secondary N) is 1. The Morgan fingerprint density at radius 2 is 2.17 bits per heavy atom. The van der Waals surface area contributed by atoms with Gasteiger partial charge in [0, 0.05) is 25.3 Å². The summed E-state index contributed by atoms with van der Waals surface area (Å²) in [5.41, 5.74) is 3.37. The lowest BCUT2D eigenvalue weighted by Gasteiger charge is -2.18. The van der Waals surface area contributed by atoms with Crippen LogP contribution in [0.2, 0.25) is 0 Å². The Bertz CT molecular complexity index is 515. The maximum absolute atomic E-state index is 4.56. The van der Waals surface area contributed by atoms with Crippen molar-refractivity contribution in [2.75, 3.05) is 20.6 Å². The first-order valence-electron chi connectivity index (χ1n) is 6.38. The van der Waals surface area contributed by atoms with E-state index in [1.807, 2.05) is 18.2 Å². The summed E-state index contributed by atoms with van der Waals surface area (Å²) in [6.45, 7) is 6.17. The Kier molecular flexibility index (Phi) is 3.99. The fraction of sp³-hybridized carbons (Fsp3) is 0.500. The fourth-order valence-electron chi connectivity index (χ4n) is 2.26. The van der Waals surface area contributed by atoms with Gasteiger partial charge in [0.25, 0.3) is 0 Å². The molecule has 4 heteroatoms. The molecule has 18 heavy (non-hydrogen) atoms. The van der Waals surface area contributed by atoms with Crippen LogP contribution in [0.25, 0.3) is 5.65 Å². The summed E-state index contributed by atoms with van der Waals surface area (Å²) in [4.78, 5) is 6.76. The number of hydrogen-bond acceptors (Lipinski definition) is 3. The van der Waals surface area contributed by atoms with Crippen LogP contribution in [-0.2, 0) is 6.54 Å².